The number of hydrogen-bond acceptors (Lipinski definition) is 5. The highest BCUT2D eigenvalue weighted by Gasteiger charge is 2.27. The first kappa shape index (κ1) is 20.0. The van der Waals surface area contributed by atoms with Gasteiger partial charge in [0.1, 0.15) is 0 Å². The van der Waals surface area contributed by atoms with E-state index in [1.165, 1.54) is 0 Å². The Morgan fingerprint density at radius 2 is 1.90 bits per heavy atom. The zero-order valence-corrected chi connectivity index (χ0v) is 17.4. The van der Waals surface area contributed by atoms with Crippen LogP contribution in [0.25, 0.3) is 0 Å². The van der Waals surface area contributed by atoms with E-state index in [0.717, 1.165) is 28.3 Å². The number of carbonyl (C=O) groups is 1. The molecule has 0 N–H and O–H groups in total. The third-order valence-electron chi connectivity index (χ3n) is 5.20. The van der Waals surface area contributed by atoms with E-state index in [-0.39, 0.29) is 12.7 Å². The van der Waals surface area contributed by atoms with Gasteiger partial charge in [0, 0.05) is 26.4 Å². The summed E-state index contributed by atoms with van der Waals surface area (Å²) in [6, 6.07) is 17.2. The zero-order chi connectivity index (χ0) is 21.1. The van der Waals surface area contributed by atoms with Gasteiger partial charge in [-0.1, -0.05) is 36.4 Å². The molecule has 0 bridgehead atoms. The summed E-state index contributed by atoms with van der Waals surface area (Å²) in [5.74, 6) is 1.29. The third kappa shape index (κ3) is 4.16. The number of amides is 1. The number of ether oxygens (including phenoxy) is 3. The van der Waals surface area contributed by atoms with Crippen molar-refractivity contribution in [1.29, 1.82) is 0 Å². The van der Waals surface area contributed by atoms with Gasteiger partial charge in [0.2, 0.25) is 6.79 Å². The summed E-state index contributed by atoms with van der Waals surface area (Å²) >= 11 is 0. The van der Waals surface area contributed by atoms with Crippen molar-refractivity contribution < 1.29 is 19.0 Å². The van der Waals surface area contributed by atoms with E-state index in [9.17, 15) is 4.79 Å². The maximum atomic E-state index is 13.5. The number of aryl methyl sites for hydroxylation is 2. The van der Waals surface area contributed by atoms with E-state index in [0.29, 0.717) is 18.8 Å². The molecule has 30 heavy (non-hydrogen) atoms. The molecule has 0 aliphatic carbocycles. The normalized spacial score (nSPS) is 13.3. The molecule has 7 nitrogen and oxygen atoms in total. The number of methoxy groups -OCH3 is 1. The number of carbonyl (C=O) groups excluding carboxylic acids is 1. The molecule has 2 heterocycles. The number of aromatic nitrogens is 2. The van der Waals surface area contributed by atoms with Crippen LogP contribution in [-0.4, -0.2) is 34.5 Å². The van der Waals surface area contributed by atoms with Crippen LogP contribution >= 0.6 is 0 Å². The van der Waals surface area contributed by atoms with Gasteiger partial charge in [-0.25, -0.2) is 0 Å². The Kier molecular flexibility index (Phi) is 5.72. The fourth-order valence-electron chi connectivity index (χ4n) is 3.55. The minimum Gasteiger partial charge on any atom is -0.454 e. The van der Waals surface area contributed by atoms with E-state index < -0.39 is 6.10 Å². The predicted molar refractivity (Wildman–Crippen MR) is 111 cm³/mol. The lowest BCUT2D eigenvalue weighted by atomic mass is 10.1. The van der Waals surface area contributed by atoms with Crippen LogP contribution < -0.4 is 9.47 Å². The van der Waals surface area contributed by atoms with E-state index in [2.05, 4.69) is 5.10 Å². The van der Waals surface area contributed by atoms with Crippen molar-refractivity contribution in [3.05, 3.63) is 77.1 Å². The predicted octanol–water partition coefficient (Wildman–Crippen LogP) is 3.37. The summed E-state index contributed by atoms with van der Waals surface area (Å²) in [5, 5.41) is 4.53. The lowest BCUT2D eigenvalue weighted by molar-refractivity contribution is -0.143. The van der Waals surface area contributed by atoms with E-state index in [4.69, 9.17) is 14.2 Å². The summed E-state index contributed by atoms with van der Waals surface area (Å²) in [6.45, 7) is 2.98. The van der Waals surface area contributed by atoms with Crippen molar-refractivity contribution in [3.63, 3.8) is 0 Å². The number of hydrogen-bond donors (Lipinski definition) is 0. The van der Waals surface area contributed by atoms with Crippen LogP contribution in [0.15, 0.2) is 54.6 Å². The van der Waals surface area contributed by atoms with Crippen molar-refractivity contribution >= 4 is 5.91 Å². The molecule has 0 radical (unpaired) electrons. The van der Waals surface area contributed by atoms with Gasteiger partial charge >= 0.3 is 0 Å². The molecule has 156 valence electrons. The molecule has 1 aromatic heterocycles. The maximum absolute atomic E-state index is 13.5. The van der Waals surface area contributed by atoms with Crippen LogP contribution in [0.4, 0.5) is 0 Å². The fourth-order valence-corrected chi connectivity index (χ4v) is 3.55. The molecule has 1 aliphatic heterocycles. The topological polar surface area (TPSA) is 65.8 Å². The number of nitrogens with zero attached hydrogens (tertiary/aromatic N) is 3. The van der Waals surface area contributed by atoms with Gasteiger partial charge in [-0.2, -0.15) is 5.10 Å². The Bertz CT molecular complexity index is 1010. The summed E-state index contributed by atoms with van der Waals surface area (Å²) in [6.07, 6.45) is -0.690. The Hall–Kier alpha value is -3.32. The molecule has 0 spiro atoms. The van der Waals surface area contributed by atoms with E-state index >= 15 is 0 Å². The number of benzene rings is 2. The van der Waals surface area contributed by atoms with E-state index in [1.54, 1.807) is 12.0 Å². The SMILES string of the molecule is CO[C@@H](C(=O)N(Cc1ccc2c(c1)OCO2)Cc1cc(C)n(C)n1)c1ccccc1. The monoisotopic (exact) mass is 407 g/mol. The summed E-state index contributed by atoms with van der Waals surface area (Å²) < 4.78 is 18.3. The minimum atomic E-state index is -0.690. The van der Waals surface area contributed by atoms with Crippen molar-refractivity contribution in [2.45, 2.75) is 26.1 Å². The molecule has 1 amide bonds. The standard InChI is InChI=1S/C23H25N3O4/c1-16-11-19(24-25(16)2)14-26(13-17-9-10-20-21(12-17)30-15-29-20)23(27)22(28-3)18-7-5-4-6-8-18/h4-12,22H,13-15H2,1-3H3/t22-/m1/s1. The molecule has 7 heteroatoms. The van der Waals surface area contributed by atoms with Crippen LogP contribution in [0.1, 0.15) is 28.6 Å². The average molecular weight is 407 g/mol. The highest BCUT2D eigenvalue weighted by Crippen LogP contribution is 2.33. The molecule has 0 saturated carbocycles. The van der Waals surface area contributed by atoms with Gasteiger partial charge in [0.15, 0.2) is 17.6 Å². The second kappa shape index (κ2) is 8.59. The van der Waals surface area contributed by atoms with Crippen LogP contribution in [0.5, 0.6) is 11.5 Å². The first-order valence-electron chi connectivity index (χ1n) is 9.79. The molecule has 4 rings (SSSR count). The van der Waals surface area contributed by atoms with Gasteiger partial charge < -0.3 is 19.1 Å². The molecule has 2 aromatic carbocycles. The van der Waals surface area contributed by atoms with Crippen LogP contribution in [0.2, 0.25) is 0 Å². The molecule has 1 atom stereocenters. The molecule has 0 saturated heterocycles. The van der Waals surface area contributed by atoms with Gasteiger partial charge in [0.25, 0.3) is 5.91 Å². The van der Waals surface area contributed by atoms with Gasteiger partial charge in [-0.3, -0.25) is 9.48 Å². The van der Waals surface area contributed by atoms with Crippen molar-refractivity contribution in [1.82, 2.24) is 14.7 Å². The van der Waals surface area contributed by atoms with Crippen molar-refractivity contribution in [2.24, 2.45) is 7.05 Å². The van der Waals surface area contributed by atoms with Gasteiger partial charge in [0.05, 0.1) is 12.2 Å². The van der Waals surface area contributed by atoms with Crippen molar-refractivity contribution in [2.75, 3.05) is 13.9 Å². The molecular formula is C23H25N3O4. The second-order valence-corrected chi connectivity index (χ2v) is 7.31. The zero-order valence-electron chi connectivity index (χ0n) is 17.4. The largest absolute Gasteiger partial charge is 0.454 e. The third-order valence-corrected chi connectivity index (χ3v) is 5.20. The summed E-state index contributed by atoms with van der Waals surface area (Å²) in [5.41, 5.74) is 3.62. The lowest BCUT2D eigenvalue weighted by Crippen LogP contribution is -2.35. The first-order valence-corrected chi connectivity index (χ1v) is 9.79. The van der Waals surface area contributed by atoms with Crippen LogP contribution in [0, 0.1) is 6.92 Å². The minimum absolute atomic E-state index is 0.121. The Morgan fingerprint density at radius 3 is 2.60 bits per heavy atom. The number of rotatable bonds is 7. The lowest BCUT2D eigenvalue weighted by Gasteiger charge is -2.26. The first-order chi connectivity index (χ1) is 14.5. The quantitative estimate of drug-likeness (QED) is 0.601. The highest BCUT2D eigenvalue weighted by atomic mass is 16.7. The fraction of sp³-hybridized carbons (Fsp3) is 0.304. The smallest absolute Gasteiger partial charge is 0.256 e. The van der Waals surface area contributed by atoms with Crippen LogP contribution in [0.3, 0.4) is 0 Å². The Balaban J connectivity index is 1.62. The molecule has 1 aliphatic rings. The number of fused-ring (bicyclic) bond motifs is 1. The summed E-state index contributed by atoms with van der Waals surface area (Å²) in [7, 11) is 3.45. The average Bonchev–Trinajstić information content (AvgIpc) is 3.34. The molecule has 3 aromatic rings. The Labute approximate surface area is 175 Å². The van der Waals surface area contributed by atoms with Gasteiger partial charge in [-0.05, 0) is 36.2 Å². The van der Waals surface area contributed by atoms with Crippen molar-refractivity contribution in [3.8, 4) is 11.5 Å². The maximum Gasteiger partial charge on any atom is 0.256 e. The van der Waals surface area contributed by atoms with Crippen LogP contribution in [-0.2, 0) is 29.7 Å². The molecule has 0 fully saturated rings. The van der Waals surface area contributed by atoms with E-state index in [1.807, 2.05) is 73.3 Å². The van der Waals surface area contributed by atoms with Gasteiger partial charge in [-0.15, -0.1) is 0 Å². The molecular weight excluding hydrogens is 382 g/mol. The highest BCUT2D eigenvalue weighted by molar-refractivity contribution is 5.82. The second-order valence-electron chi connectivity index (χ2n) is 7.31. The molecule has 0 unspecified atom stereocenters. The Morgan fingerprint density at radius 1 is 1.13 bits per heavy atom. The summed E-state index contributed by atoms with van der Waals surface area (Å²) in [4.78, 5) is 15.3.